The van der Waals surface area contributed by atoms with Crippen LogP contribution in [0.1, 0.15) is 54.8 Å². The smallest absolute Gasteiger partial charge is 0.306 e. The molecule has 2 atom stereocenters. The highest BCUT2D eigenvalue weighted by atomic mass is 16.5. The number of hydrogen-bond donors (Lipinski definition) is 1. The van der Waals surface area contributed by atoms with Crippen LogP contribution >= 0.6 is 0 Å². The molecule has 0 saturated heterocycles. The quantitative estimate of drug-likeness (QED) is 0.613. The SMILES string of the molecule is CCOC1c2cc(NC(=O)c3ccc(C#N)cc3)ccc2OCC1CC(=O)OCC(C)C. The summed E-state index contributed by atoms with van der Waals surface area (Å²) >= 11 is 0. The molecule has 7 nitrogen and oxygen atoms in total. The molecule has 3 rings (SSSR count). The highest BCUT2D eigenvalue weighted by Crippen LogP contribution is 2.41. The zero-order valence-electron chi connectivity index (χ0n) is 18.6. The van der Waals surface area contributed by atoms with E-state index in [4.69, 9.17) is 19.5 Å². The van der Waals surface area contributed by atoms with Crippen LogP contribution in [0.4, 0.5) is 5.69 Å². The topological polar surface area (TPSA) is 97.6 Å². The zero-order valence-corrected chi connectivity index (χ0v) is 18.6. The summed E-state index contributed by atoms with van der Waals surface area (Å²) in [5, 5.41) is 11.8. The van der Waals surface area contributed by atoms with Crippen molar-refractivity contribution in [2.75, 3.05) is 25.1 Å². The summed E-state index contributed by atoms with van der Waals surface area (Å²) in [5.74, 6) is 0.198. The normalized spacial score (nSPS) is 17.1. The molecule has 0 bridgehead atoms. The molecule has 168 valence electrons. The fraction of sp³-hybridized carbons (Fsp3) is 0.400. The van der Waals surface area contributed by atoms with Gasteiger partial charge in [0.1, 0.15) is 5.75 Å². The van der Waals surface area contributed by atoms with Gasteiger partial charge in [-0.2, -0.15) is 5.26 Å². The number of hydrogen-bond acceptors (Lipinski definition) is 6. The number of esters is 1. The molecule has 0 fully saturated rings. The summed E-state index contributed by atoms with van der Waals surface area (Å²) in [7, 11) is 0. The Kier molecular flexibility index (Phi) is 7.85. The van der Waals surface area contributed by atoms with Crippen molar-refractivity contribution in [2.24, 2.45) is 11.8 Å². The molecule has 1 heterocycles. The van der Waals surface area contributed by atoms with Crippen LogP contribution < -0.4 is 10.1 Å². The lowest BCUT2D eigenvalue weighted by Gasteiger charge is -2.33. The lowest BCUT2D eigenvalue weighted by atomic mass is 9.90. The summed E-state index contributed by atoms with van der Waals surface area (Å²) in [4.78, 5) is 24.9. The van der Waals surface area contributed by atoms with E-state index in [0.29, 0.717) is 42.4 Å². The number of anilines is 1. The van der Waals surface area contributed by atoms with Crippen LogP contribution in [0.15, 0.2) is 42.5 Å². The average Bonchev–Trinajstić information content (AvgIpc) is 2.79. The van der Waals surface area contributed by atoms with Crippen LogP contribution in [0.3, 0.4) is 0 Å². The van der Waals surface area contributed by atoms with Crippen molar-refractivity contribution in [3.63, 3.8) is 0 Å². The van der Waals surface area contributed by atoms with Gasteiger partial charge in [0, 0.05) is 29.3 Å². The summed E-state index contributed by atoms with van der Waals surface area (Å²) < 4.78 is 17.2. The number of fused-ring (bicyclic) bond motifs is 1. The maximum atomic E-state index is 12.6. The molecule has 32 heavy (non-hydrogen) atoms. The molecule has 0 saturated carbocycles. The number of benzene rings is 2. The molecule has 1 aliphatic heterocycles. The molecule has 2 unspecified atom stereocenters. The Morgan fingerprint density at radius 3 is 2.62 bits per heavy atom. The minimum Gasteiger partial charge on any atom is -0.493 e. The van der Waals surface area contributed by atoms with Crippen molar-refractivity contribution in [2.45, 2.75) is 33.3 Å². The van der Waals surface area contributed by atoms with Crippen LogP contribution in [-0.2, 0) is 14.3 Å². The number of carbonyl (C=O) groups excluding carboxylic acids is 2. The second-order valence-corrected chi connectivity index (χ2v) is 8.12. The Labute approximate surface area is 188 Å². The van der Waals surface area contributed by atoms with Gasteiger partial charge in [0.2, 0.25) is 0 Å². The van der Waals surface area contributed by atoms with Crippen LogP contribution in [0, 0.1) is 23.2 Å². The molecular weight excluding hydrogens is 408 g/mol. The van der Waals surface area contributed by atoms with Crippen LogP contribution in [0.25, 0.3) is 0 Å². The third kappa shape index (κ3) is 5.86. The van der Waals surface area contributed by atoms with Crippen LogP contribution in [-0.4, -0.2) is 31.7 Å². The van der Waals surface area contributed by atoms with Crippen molar-refractivity contribution in [3.8, 4) is 11.8 Å². The Balaban J connectivity index is 1.75. The predicted octanol–water partition coefficient (Wildman–Crippen LogP) is 4.49. The van der Waals surface area contributed by atoms with Crippen molar-refractivity contribution in [1.29, 1.82) is 5.26 Å². The molecule has 0 aromatic heterocycles. The molecule has 1 N–H and O–H groups in total. The lowest BCUT2D eigenvalue weighted by molar-refractivity contribution is -0.148. The first kappa shape index (κ1) is 23.3. The fourth-order valence-corrected chi connectivity index (χ4v) is 3.52. The minimum absolute atomic E-state index is 0.188. The zero-order chi connectivity index (χ0) is 23.1. The number of nitrogens with zero attached hydrogens (tertiary/aromatic N) is 1. The third-order valence-corrected chi connectivity index (χ3v) is 5.08. The first-order valence-electron chi connectivity index (χ1n) is 10.8. The summed E-state index contributed by atoms with van der Waals surface area (Å²) in [6.07, 6.45) is -0.152. The second kappa shape index (κ2) is 10.8. The predicted molar refractivity (Wildman–Crippen MR) is 119 cm³/mol. The summed E-state index contributed by atoms with van der Waals surface area (Å²) in [5.41, 5.74) is 2.32. The number of nitrogens with one attached hydrogen (secondary N) is 1. The van der Waals surface area contributed by atoms with E-state index in [2.05, 4.69) is 5.32 Å². The van der Waals surface area contributed by atoms with Crippen molar-refractivity contribution < 1.29 is 23.8 Å². The van der Waals surface area contributed by atoms with E-state index in [0.717, 1.165) is 5.56 Å². The van der Waals surface area contributed by atoms with Gasteiger partial charge in [-0.25, -0.2) is 0 Å². The Hall–Kier alpha value is -3.37. The summed E-state index contributed by atoms with van der Waals surface area (Å²) in [6, 6.07) is 13.8. The maximum Gasteiger partial charge on any atom is 0.306 e. The van der Waals surface area contributed by atoms with Gasteiger partial charge in [0.15, 0.2) is 0 Å². The van der Waals surface area contributed by atoms with Gasteiger partial charge in [-0.1, -0.05) is 13.8 Å². The largest absolute Gasteiger partial charge is 0.493 e. The maximum absolute atomic E-state index is 12.6. The van der Waals surface area contributed by atoms with E-state index >= 15 is 0 Å². The van der Waals surface area contributed by atoms with Gasteiger partial charge in [-0.05, 0) is 55.3 Å². The van der Waals surface area contributed by atoms with E-state index in [9.17, 15) is 9.59 Å². The minimum atomic E-state index is -0.345. The van der Waals surface area contributed by atoms with Gasteiger partial charge >= 0.3 is 5.97 Å². The highest BCUT2D eigenvalue weighted by molar-refractivity contribution is 6.04. The second-order valence-electron chi connectivity index (χ2n) is 8.12. The lowest BCUT2D eigenvalue weighted by Crippen LogP contribution is -2.30. The molecule has 2 aromatic rings. The van der Waals surface area contributed by atoms with Gasteiger partial charge < -0.3 is 19.5 Å². The number of amides is 1. The number of rotatable bonds is 8. The molecule has 0 radical (unpaired) electrons. The van der Waals surface area contributed by atoms with E-state index in [1.54, 1.807) is 36.4 Å². The average molecular weight is 437 g/mol. The molecule has 1 amide bonds. The van der Waals surface area contributed by atoms with E-state index in [1.165, 1.54) is 0 Å². The first-order chi connectivity index (χ1) is 15.4. The molecule has 2 aromatic carbocycles. The van der Waals surface area contributed by atoms with Gasteiger partial charge in [0.25, 0.3) is 5.91 Å². The van der Waals surface area contributed by atoms with Gasteiger partial charge in [-0.15, -0.1) is 0 Å². The standard InChI is InChI=1S/C25H28N2O5/c1-4-30-24-19(11-23(28)32-14-16(2)3)15-31-22-10-9-20(12-21(22)24)27-25(29)18-7-5-17(13-26)6-8-18/h5-10,12,16,19,24H,4,11,14-15H2,1-3H3,(H,27,29). The Bertz CT molecular complexity index is 994. The van der Waals surface area contributed by atoms with E-state index in [-0.39, 0.29) is 36.2 Å². The molecule has 0 spiro atoms. The molecule has 1 aliphatic rings. The number of nitriles is 1. The van der Waals surface area contributed by atoms with E-state index in [1.807, 2.05) is 32.9 Å². The number of ether oxygens (including phenoxy) is 3. The van der Waals surface area contributed by atoms with Crippen LogP contribution in [0.5, 0.6) is 5.75 Å². The fourth-order valence-electron chi connectivity index (χ4n) is 3.52. The number of carbonyl (C=O) groups is 2. The van der Waals surface area contributed by atoms with Crippen molar-refractivity contribution in [3.05, 3.63) is 59.2 Å². The monoisotopic (exact) mass is 436 g/mol. The van der Waals surface area contributed by atoms with Gasteiger partial charge in [0.05, 0.1) is 37.4 Å². The third-order valence-electron chi connectivity index (χ3n) is 5.08. The van der Waals surface area contributed by atoms with Crippen molar-refractivity contribution in [1.82, 2.24) is 0 Å². The highest BCUT2D eigenvalue weighted by Gasteiger charge is 2.34. The molecule has 0 aliphatic carbocycles. The van der Waals surface area contributed by atoms with Gasteiger partial charge in [-0.3, -0.25) is 9.59 Å². The Morgan fingerprint density at radius 1 is 1.22 bits per heavy atom. The Morgan fingerprint density at radius 2 is 1.97 bits per heavy atom. The first-order valence-corrected chi connectivity index (χ1v) is 10.8. The van der Waals surface area contributed by atoms with Crippen molar-refractivity contribution >= 4 is 17.6 Å². The van der Waals surface area contributed by atoms with E-state index < -0.39 is 0 Å². The summed E-state index contributed by atoms with van der Waals surface area (Å²) in [6.45, 7) is 7.09. The molecular formula is C25H28N2O5. The molecule has 7 heteroatoms. The van der Waals surface area contributed by atoms with Crippen LogP contribution in [0.2, 0.25) is 0 Å².